The Bertz CT molecular complexity index is 323. The Kier molecular flexibility index (Phi) is 2.23. The molecule has 4 heteroatoms. The van der Waals surface area contributed by atoms with Gasteiger partial charge in [-0.3, -0.25) is 0 Å². The summed E-state index contributed by atoms with van der Waals surface area (Å²) in [6, 6.07) is 1.85. The first-order valence-electron chi connectivity index (χ1n) is 5.01. The number of nitrogens with two attached hydrogens (primary N) is 1. The molecule has 2 heterocycles. The van der Waals surface area contributed by atoms with Crippen LogP contribution in [0.25, 0.3) is 0 Å². The number of nitrogen functional groups attached to an aromatic ring is 1. The van der Waals surface area contributed by atoms with Crippen LogP contribution in [-0.4, -0.2) is 30.2 Å². The topological polar surface area (TPSA) is 55.3 Å². The van der Waals surface area contributed by atoms with Crippen molar-refractivity contribution in [3.05, 3.63) is 11.8 Å². The van der Waals surface area contributed by atoms with Crippen LogP contribution < -0.4 is 5.73 Å². The Morgan fingerprint density at radius 3 is 3.00 bits per heavy atom. The Morgan fingerprint density at radius 1 is 1.64 bits per heavy atom. The molecule has 0 aromatic carbocycles. The van der Waals surface area contributed by atoms with Gasteiger partial charge < -0.3 is 15.2 Å². The van der Waals surface area contributed by atoms with E-state index in [0.29, 0.717) is 5.88 Å². The normalized spacial score (nSPS) is 29.3. The predicted molar refractivity (Wildman–Crippen MR) is 55.0 cm³/mol. The summed E-state index contributed by atoms with van der Waals surface area (Å²) in [5.74, 6) is 0.412. The first kappa shape index (κ1) is 9.52. The summed E-state index contributed by atoms with van der Waals surface area (Å²) < 4.78 is 4.93. The van der Waals surface area contributed by atoms with E-state index in [9.17, 15) is 0 Å². The summed E-state index contributed by atoms with van der Waals surface area (Å²) >= 11 is 0. The highest BCUT2D eigenvalue weighted by atomic mass is 16.5. The molecule has 1 unspecified atom stereocenters. The third-order valence-corrected chi connectivity index (χ3v) is 3.03. The van der Waals surface area contributed by atoms with Gasteiger partial charge in [0.15, 0.2) is 0 Å². The summed E-state index contributed by atoms with van der Waals surface area (Å²) in [5, 5.41) is 4.02. The van der Waals surface area contributed by atoms with Crippen LogP contribution in [0.3, 0.4) is 0 Å². The third kappa shape index (κ3) is 1.62. The average Bonchev–Trinajstić information content (AvgIpc) is 2.52. The number of rotatable bonds is 1. The van der Waals surface area contributed by atoms with E-state index in [1.54, 1.807) is 0 Å². The molecule has 1 aliphatic heterocycles. The first-order valence-corrected chi connectivity index (χ1v) is 5.01. The van der Waals surface area contributed by atoms with Gasteiger partial charge >= 0.3 is 0 Å². The van der Waals surface area contributed by atoms with Gasteiger partial charge in [0.1, 0.15) is 0 Å². The summed E-state index contributed by atoms with van der Waals surface area (Å²) in [6.45, 7) is 4.42. The monoisotopic (exact) mass is 195 g/mol. The van der Waals surface area contributed by atoms with Gasteiger partial charge in [-0.25, -0.2) is 0 Å². The fourth-order valence-electron chi connectivity index (χ4n) is 2.28. The van der Waals surface area contributed by atoms with Crippen molar-refractivity contribution in [2.45, 2.75) is 25.2 Å². The van der Waals surface area contributed by atoms with Crippen LogP contribution >= 0.6 is 0 Å². The molecule has 1 aliphatic rings. The van der Waals surface area contributed by atoms with Crippen LogP contribution in [0, 0.1) is 0 Å². The highest BCUT2D eigenvalue weighted by Crippen LogP contribution is 2.32. The van der Waals surface area contributed by atoms with E-state index in [1.807, 2.05) is 6.07 Å². The number of nitrogens with zero attached hydrogens (tertiary/aromatic N) is 2. The molecule has 2 N–H and O–H groups in total. The molecule has 2 rings (SSSR count). The van der Waals surface area contributed by atoms with Crippen LogP contribution in [0.2, 0.25) is 0 Å². The molecule has 4 nitrogen and oxygen atoms in total. The quantitative estimate of drug-likeness (QED) is 0.732. The first-order chi connectivity index (χ1) is 6.60. The Labute approximate surface area is 84.0 Å². The molecule has 1 aromatic heterocycles. The molecule has 14 heavy (non-hydrogen) atoms. The number of anilines is 1. The molecule has 1 saturated heterocycles. The van der Waals surface area contributed by atoms with E-state index in [0.717, 1.165) is 18.7 Å². The van der Waals surface area contributed by atoms with E-state index < -0.39 is 0 Å². The molecular weight excluding hydrogens is 178 g/mol. The molecule has 0 radical (unpaired) electrons. The number of aromatic nitrogens is 1. The molecule has 0 aliphatic carbocycles. The summed E-state index contributed by atoms with van der Waals surface area (Å²) in [5.41, 5.74) is 6.63. The lowest BCUT2D eigenvalue weighted by Crippen LogP contribution is -2.42. The molecular formula is C10H17N3O. The predicted octanol–water partition coefficient (Wildman–Crippen LogP) is 1.24. The summed E-state index contributed by atoms with van der Waals surface area (Å²) in [7, 11) is 2.14. The molecule has 1 fully saturated rings. The van der Waals surface area contributed by atoms with Gasteiger partial charge in [-0.15, -0.1) is 0 Å². The van der Waals surface area contributed by atoms with Crippen molar-refractivity contribution in [3.8, 4) is 0 Å². The zero-order chi connectivity index (χ0) is 10.2. The van der Waals surface area contributed by atoms with E-state index in [4.69, 9.17) is 10.3 Å². The summed E-state index contributed by atoms with van der Waals surface area (Å²) in [6.07, 6.45) is 2.36. The van der Waals surface area contributed by atoms with Gasteiger partial charge in [-0.2, -0.15) is 0 Å². The largest absolute Gasteiger partial charge is 0.368 e. The molecule has 0 spiro atoms. The van der Waals surface area contributed by atoms with E-state index in [-0.39, 0.29) is 5.41 Å². The fraction of sp³-hybridized carbons (Fsp3) is 0.700. The van der Waals surface area contributed by atoms with Gasteiger partial charge in [-0.1, -0.05) is 12.1 Å². The Morgan fingerprint density at radius 2 is 2.43 bits per heavy atom. The van der Waals surface area contributed by atoms with Crippen LogP contribution in [0.15, 0.2) is 10.6 Å². The maximum atomic E-state index is 5.54. The van der Waals surface area contributed by atoms with Gasteiger partial charge in [0, 0.05) is 18.0 Å². The number of hydrogen-bond acceptors (Lipinski definition) is 4. The van der Waals surface area contributed by atoms with Crippen LogP contribution in [0.4, 0.5) is 5.88 Å². The lowest BCUT2D eigenvalue weighted by atomic mass is 9.79. The Balaban J connectivity index is 2.22. The molecule has 78 valence electrons. The van der Waals surface area contributed by atoms with E-state index in [2.05, 4.69) is 24.0 Å². The van der Waals surface area contributed by atoms with Crippen molar-refractivity contribution in [2.75, 3.05) is 25.9 Å². The third-order valence-electron chi connectivity index (χ3n) is 3.03. The van der Waals surface area contributed by atoms with Crippen molar-refractivity contribution in [3.63, 3.8) is 0 Å². The zero-order valence-corrected chi connectivity index (χ0v) is 8.79. The zero-order valence-electron chi connectivity index (χ0n) is 8.79. The van der Waals surface area contributed by atoms with E-state index >= 15 is 0 Å². The molecule has 0 bridgehead atoms. The maximum Gasteiger partial charge on any atom is 0.222 e. The summed E-state index contributed by atoms with van der Waals surface area (Å²) in [4.78, 5) is 2.33. The second kappa shape index (κ2) is 3.28. The highest BCUT2D eigenvalue weighted by Gasteiger charge is 2.33. The van der Waals surface area contributed by atoms with Crippen LogP contribution in [0.5, 0.6) is 0 Å². The van der Waals surface area contributed by atoms with Crippen LogP contribution in [0.1, 0.15) is 25.5 Å². The van der Waals surface area contributed by atoms with Crippen molar-refractivity contribution in [1.82, 2.24) is 10.1 Å². The molecule has 0 saturated carbocycles. The smallest absolute Gasteiger partial charge is 0.222 e. The lowest BCUT2D eigenvalue weighted by molar-refractivity contribution is 0.181. The molecule has 0 amide bonds. The second-order valence-corrected chi connectivity index (χ2v) is 4.52. The van der Waals surface area contributed by atoms with Crippen molar-refractivity contribution in [2.24, 2.45) is 0 Å². The van der Waals surface area contributed by atoms with E-state index in [1.165, 1.54) is 13.0 Å². The number of likely N-dealkylation sites (N-methyl/N-ethyl adjacent to an activating group) is 1. The lowest BCUT2D eigenvalue weighted by Gasteiger charge is -2.37. The Hall–Kier alpha value is -1.03. The second-order valence-electron chi connectivity index (χ2n) is 4.52. The maximum absolute atomic E-state index is 5.54. The van der Waals surface area contributed by atoms with Crippen molar-refractivity contribution < 1.29 is 4.52 Å². The highest BCUT2D eigenvalue weighted by molar-refractivity contribution is 5.29. The van der Waals surface area contributed by atoms with Gasteiger partial charge in [0.25, 0.3) is 0 Å². The van der Waals surface area contributed by atoms with Gasteiger partial charge in [0.2, 0.25) is 5.88 Å². The number of piperidine rings is 1. The minimum Gasteiger partial charge on any atom is -0.368 e. The van der Waals surface area contributed by atoms with Crippen molar-refractivity contribution >= 4 is 5.88 Å². The SMILES string of the molecule is CN1CCCC(C)(c2cc(N)on2)C1. The number of likely N-dealkylation sites (tertiary alicyclic amines) is 1. The number of hydrogen-bond donors (Lipinski definition) is 1. The van der Waals surface area contributed by atoms with Gasteiger partial charge in [-0.05, 0) is 26.4 Å². The fourth-order valence-corrected chi connectivity index (χ4v) is 2.28. The minimum absolute atomic E-state index is 0.105. The average molecular weight is 195 g/mol. The minimum atomic E-state index is 0.105. The standard InChI is InChI=1S/C10H17N3O/c1-10(4-3-5-13(2)7-10)8-6-9(11)14-12-8/h6H,3-5,7,11H2,1-2H3. The van der Waals surface area contributed by atoms with Crippen LogP contribution in [-0.2, 0) is 5.41 Å². The molecule has 1 aromatic rings. The molecule has 1 atom stereocenters. The van der Waals surface area contributed by atoms with Crippen molar-refractivity contribution in [1.29, 1.82) is 0 Å². The van der Waals surface area contributed by atoms with Gasteiger partial charge in [0.05, 0.1) is 5.69 Å².